The van der Waals surface area contributed by atoms with Crippen molar-refractivity contribution in [1.29, 1.82) is 0 Å². The molecular formula is C13H20N2O5S2. The maximum Gasteiger partial charge on any atom is 0.338 e. The standard InChI is InChI=1S/C13H20N2O5S2/c1-3-8(7-20-2)15-22(18,19)13-11(12(16)17)9-4-5-14-6-10(9)21-13/h8,14-15H,3-7H2,1-2H3,(H,16,17). The third kappa shape index (κ3) is 3.49. The Morgan fingerprint density at radius 3 is 2.86 bits per heavy atom. The molecule has 0 aliphatic carbocycles. The van der Waals surface area contributed by atoms with Crippen molar-refractivity contribution in [2.24, 2.45) is 0 Å². The van der Waals surface area contributed by atoms with Gasteiger partial charge in [0.1, 0.15) is 4.21 Å². The SMILES string of the molecule is CCC(COC)NS(=O)(=O)c1sc2c(c1C(=O)O)CCNC2. The fraction of sp³-hybridized carbons (Fsp3) is 0.615. The van der Waals surface area contributed by atoms with Crippen LogP contribution < -0.4 is 10.0 Å². The number of sulfonamides is 1. The molecule has 0 radical (unpaired) electrons. The van der Waals surface area contributed by atoms with Crippen LogP contribution in [0, 0.1) is 0 Å². The molecule has 0 saturated carbocycles. The van der Waals surface area contributed by atoms with Crippen LogP contribution in [0.5, 0.6) is 0 Å². The Balaban J connectivity index is 2.42. The van der Waals surface area contributed by atoms with Crippen LogP contribution >= 0.6 is 11.3 Å². The van der Waals surface area contributed by atoms with Crippen LogP contribution in [0.1, 0.15) is 34.1 Å². The molecule has 0 aromatic carbocycles. The highest BCUT2D eigenvalue weighted by molar-refractivity contribution is 7.91. The van der Waals surface area contributed by atoms with Gasteiger partial charge in [-0.3, -0.25) is 0 Å². The van der Waals surface area contributed by atoms with Gasteiger partial charge in [0, 0.05) is 24.6 Å². The molecule has 124 valence electrons. The summed E-state index contributed by atoms with van der Waals surface area (Å²) in [7, 11) is -2.39. The van der Waals surface area contributed by atoms with Gasteiger partial charge in [-0.05, 0) is 24.9 Å². The van der Waals surface area contributed by atoms with Gasteiger partial charge in [-0.1, -0.05) is 6.92 Å². The maximum absolute atomic E-state index is 12.6. The Morgan fingerprint density at radius 1 is 1.55 bits per heavy atom. The van der Waals surface area contributed by atoms with E-state index >= 15 is 0 Å². The highest BCUT2D eigenvalue weighted by atomic mass is 32.2. The second-order valence-corrected chi connectivity index (χ2v) is 8.09. The molecule has 0 spiro atoms. The first-order chi connectivity index (χ1) is 10.4. The number of ether oxygens (including phenoxy) is 1. The predicted octanol–water partition coefficient (Wildman–Crippen LogP) is 0.795. The fourth-order valence-corrected chi connectivity index (χ4v) is 5.61. The third-order valence-corrected chi connectivity index (χ3v) is 6.81. The van der Waals surface area contributed by atoms with Crippen LogP contribution in [0.25, 0.3) is 0 Å². The Labute approximate surface area is 133 Å². The molecule has 0 fully saturated rings. The zero-order valence-corrected chi connectivity index (χ0v) is 14.1. The average Bonchev–Trinajstić information content (AvgIpc) is 2.87. The van der Waals surface area contributed by atoms with Crippen molar-refractivity contribution in [2.45, 2.75) is 36.6 Å². The minimum absolute atomic E-state index is 0.0822. The molecule has 1 aliphatic heterocycles. The zero-order chi connectivity index (χ0) is 16.3. The van der Waals surface area contributed by atoms with Crippen LogP contribution in [0.4, 0.5) is 0 Å². The second kappa shape index (κ2) is 7.05. The molecule has 1 atom stereocenters. The lowest BCUT2D eigenvalue weighted by atomic mass is 10.1. The third-order valence-electron chi connectivity index (χ3n) is 3.54. The average molecular weight is 348 g/mol. The minimum atomic E-state index is -3.88. The normalized spacial score (nSPS) is 16.3. The largest absolute Gasteiger partial charge is 0.478 e. The highest BCUT2D eigenvalue weighted by Crippen LogP contribution is 2.34. The summed E-state index contributed by atoms with van der Waals surface area (Å²) in [5.74, 6) is -1.19. The van der Waals surface area contributed by atoms with E-state index < -0.39 is 16.0 Å². The molecule has 0 saturated heterocycles. The van der Waals surface area contributed by atoms with Crippen molar-refractivity contribution in [1.82, 2.24) is 10.0 Å². The lowest BCUT2D eigenvalue weighted by molar-refractivity contribution is 0.0692. The summed E-state index contributed by atoms with van der Waals surface area (Å²) in [5, 5.41) is 12.6. The number of carbonyl (C=O) groups is 1. The van der Waals surface area contributed by atoms with Gasteiger partial charge in [0.2, 0.25) is 0 Å². The van der Waals surface area contributed by atoms with Crippen molar-refractivity contribution >= 4 is 27.3 Å². The molecule has 1 aromatic rings. The summed E-state index contributed by atoms with van der Waals surface area (Å²) in [6.45, 7) is 3.24. The number of carboxylic acid groups (broad SMARTS) is 1. The minimum Gasteiger partial charge on any atom is -0.478 e. The van der Waals surface area contributed by atoms with Gasteiger partial charge in [-0.25, -0.2) is 17.9 Å². The van der Waals surface area contributed by atoms with Gasteiger partial charge in [0.05, 0.1) is 12.2 Å². The highest BCUT2D eigenvalue weighted by Gasteiger charge is 2.32. The lowest BCUT2D eigenvalue weighted by Gasteiger charge is -2.15. The predicted molar refractivity (Wildman–Crippen MR) is 83.0 cm³/mol. The van der Waals surface area contributed by atoms with Crippen molar-refractivity contribution in [3.63, 3.8) is 0 Å². The Hall–Kier alpha value is -1.00. The quantitative estimate of drug-likeness (QED) is 0.673. The van der Waals surface area contributed by atoms with Crippen LogP contribution in [-0.4, -0.2) is 45.8 Å². The van der Waals surface area contributed by atoms with Crippen LogP contribution in [0.2, 0.25) is 0 Å². The molecule has 2 rings (SSSR count). The van der Waals surface area contributed by atoms with Gasteiger partial charge in [0.15, 0.2) is 0 Å². The Bertz CT molecular complexity index is 654. The van der Waals surface area contributed by atoms with Crippen molar-refractivity contribution in [3.05, 3.63) is 16.0 Å². The number of hydrogen-bond acceptors (Lipinski definition) is 6. The summed E-state index contributed by atoms with van der Waals surface area (Å²) >= 11 is 1.03. The summed E-state index contributed by atoms with van der Waals surface area (Å²) < 4.78 is 32.6. The zero-order valence-electron chi connectivity index (χ0n) is 12.5. The van der Waals surface area contributed by atoms with Crippen molar-refractivity contribution in [2.75, 3.05) is 20.3 Å². The first kappa shape index (κ1) is 17.4. The smallest absolute Gasteiger partial charge is 0.338 e. The van der Waals surface area contributed by atoms with Crippen molar-refractivity contribution < 1.29 is 23.1 Å². The fourth-order valence-electron chi connectivity index (χ4n) is 2.42. The van der Waals surface area contributed by atoms with E-state index in [-0.39, 0.29) is 22.4 Å². The van der Waals surface area contributed by atoms with E-state index in [1.54, 1.807) is 0 Å². The summed E-state index contributed by atoms with van der Waals surface area (Å²) in [4.78, 5) is 12.3. The number of carboxylic acids is 1. The molecule has 3 N–H and O–H groups in total. The molecule has 1 aromatic heterocycles. The molecule has 9 heteroatoms. The van der Waals surface area contributed by atoms with E-state index in [0.29, 0.717) is 31.5 Å². The number of nitrogens with one attached hydrogen (secondary N) is 2. The van der Waals surface area contributed by atoms with E-state index in [0.717, 1.165) is 16.2 Å². The summed E-state index contributed by atoms with van der Waals surface area (Å²) in [6, 6.07) is -0.381. The van der Waals surface area contributed by atoms with Crippen LogP contribution in [0.15, 0.2) is 4.21 Å². The lowest BCUT2D eigenvalue weighted by Crippen LogP contribution is -2.37. The molecule has 0 amide bonds. The number of thiophene rings is 1. The second-order valence-electron chi connectivity index (χ2n) is 5.08. The molecule has 0 bridgehead atoms. The first-order valence-corrected chi connectivity index (χ1v) is 9.30. The molecule has 7 nitrogen and oxygen atoms in total. The first-order valence-electron chi connectivity index (χ1n) is 7.00. The van der Waals surface area contributed by atoms with Gasteiger partial charge in [-0.15, -0.1) is 11.3 Å². The van der Waals surface area contributed by atoms with Crippen LogP contribution in [-0.2, 0) is 27.7 Å². The van der Waals surface area contributed by atoms with Crippen molar-refractivity contribution in [3.8, 4) is 0 Å². The Kier molecular flexibility index (Phi) is 5.56. The number of rotatable bonds is 7. The topological polar surface area (TPSA) is 105 Å². The van der Waals surface area contributed by atoms with Gasteiger partial charge >= 0.3 is 5.97 Å². The summed E-state index contributed by atoms with van der Waals surface area (Å²) in [6.07, 6.45) is 1.08. The van der Waals surface area contributed by atoms with Gasteiger partial charge in [-0.2, -0.15) is 0 Å². The van der Waals surface area contributed by atoms with Crippen LogP contribution in [0.3, 0.4) is 0 Å². The molecule has 2 heterocycles. The van der Waals surface area contributed by atoms with E-state index in [4.69, 9.17) is 4.74 Å². The summed E-state index contributed by atoms with van der Waals surface area (Å²) in [5.41, 5.74) is 0.553. The van der Waals surface area contributed by atoms with Gasteiger partial charge in [0.25, 0.3) is 10.0 Å². The van der Waals surface area contributed by atoms with Gasteiger partial charge < -0.3 is 15.2 Å². The Morgan fingerprint density at radius 2 is 2.27 bits per heavy atom. The maximum atomic E-state index is 12.6. The number of fused-ring (bicyclic) bond motifs is 1. The van der Waals surface area contributed by atoms with E-state index in [9.17, 15) is 18.3 Å². The number of aromatic carboxylic acids is 1. The monoisotopic (exact) mass is 348 g/mol. The molecule has 1 unspecified atom stereocenters. The molecule has 1 aliphatic rings. The number of hydrogen-bond donors (Lipinski definition) is 3. The number of methoxy groups -OCH3 is 1. The van der Waals surface area contributed by atoms with E-state index in [1.165, 1.54) is 7.11 Å². The van der Waals surface area contributed by atoms with E-state index in [1.807, 2.05) is 6.92 Å². The molecular weight excluding hydrogens is 328 g/mol. The molecule has 22 heavy (non-hydrogen) atoms. The van der Waals surface area contributed by atoms with E-state index in [2.05, 4.69) is 10.0 Å².